The molecule has 1 aliphatic carbocycles. The Morgan fingerprint density at radius 3 is 2.80 bits per heavy atom. The molecule has 0 unspecified atom stereocenters. The monoisotopic (exact) mass is 359 g/mol. The Morgan fingerprint density at radius 2 is 2.12 bits per heavy atom. The van der Waals surface area contributed by atoms with Crippen molar-refractivity contribution >= 4 is 29.3 Å². The number of hydrogen-bond acceptors (Lipinski definition) is 5. The molecule has 0 saturated heterocycles. The van der Waals surface area contributed by atoms with Gasteiger partial charge in [-0.3, -0.25) is 14.2 Å². The molecule has 0 aliphatic heterocycles. The Morgan fingerprint density at radius 1 is 1.32 bits per heavy atom. The number of aromatic nitrogens is 3. The van der Waals surface area contributed by atoms with Crippen LogP contribution in [0.3, 0.4) is 0 Å². The van der Waals surface area contributed by atoms with Crippen molar-refractivity contribution in [2.75, 3.05) is 17.6 Å². The molecule has 1 aliphatic rings. The van der Waals surface area contributed by atoms with E-state index in [9.17, 15) is 9.59 Å². The highest BCUT2D eigenvalue weighted by molar-refractivity contribution is 7.99. The highest BCUT2D eigenvalue weighted by Crippen LogP contribution is 2.41. The largest absolute Gasteiger partial charge is 0.356 e. The maximum atomic E-state index is 11.8. The Labute approximate surface area is 150 Å². The number of rotatable bonds is 7. The molecular weight excluding hydrogens is 338 g/mol. The van der Waals surface area contributed by atoms with Crippen molar-refractivity contribution in [3.8, 4) is 5.69 Å². The Hall–Kier alpha value is -2.35. The van der Waals surface area contributed by atoms with Gasteiger partial charge in [0.1, 0.15) is 5.82 Å². The first-order valence-electron chi connectivity index (χ1n) is 8.31. The van der Waals surface area contributed by atoms with Crippen LogP contribution < -0.4 is 10.6 Å². The van der Waals surface area contributed by atoms with E-state index in [-0.39, 0.29) is 11.8 Å². The summed E-state index contributed by atoms with van der Waals surface area (Å²) in [5.41, 5.74) is 1.61. The number of carbonyl (C=O) groups excluding carboxylic acids is 2. The second-order valence-electron chi connectivity index (χ2n) is 5.92. The molecule has 0 bridgehead atoms. The highest BCUT2D eigenvalue weighted by atomic mass is 32.2. The van der Waals surface area contributed by atoms with Gasteiger partial charge in [0.05, 0.1) is 11.4 Å². The Bertz CT molecular complexity index is 785. The molecule has 1 aromatic carbocycles. The van der Waals surface area contributed by atoms with E-state index < -0.39 is 0 Å². The van der Waals surface area contributed by atoms with Gasteiger partial charge in [0.25, 0.3) is 0 Å². The molecule has 1 saturated carbocycles. The molecule has 7 nitrogen and oxygen atoms in total. The second-order valence-corrected chi connectivity index (χ2v) is 6.87. The van der Waals surface area contributed by atoms with Crippen molar-refractivity contribution in [3.63, 3.8) is 0 Å². The van der Waals surface area contributed by atoms with Crippen molar-refractivity contribution in [2.24, 2.45) is 0 Å². The zero-order valence-corrected chi connectivity index (χ0v) is 15.1. The van der Waals surface area contributed by atoms with Crippen LogP contribution in [0.2, 0.25) is 0 Å². The van der Waals surface area contributed by atoms with Crippen LogP contribution in [-0.2, 0) is 9.59 Å². The molecule has 0 spiro atoms. The zero-order valence-electron chi connectivity index (χ0n) is 14.3. The topological polar surface area (TPSA) is 88.9 Å². The van der Waals surface area contributed by atoms with Crippen molar-refractivity contribution in [2.45, 2.75) is 37.8 Å². The Kier molecular flexibility index (Phi) is 5.37. The van der Waals surface area contributed by atoms with Gasteiger partial charge in [-0.15, -0.1) is 10.2 Å². The molecule has 2 aromatic rings. The molecule has 25 heavy (non-hydrogen) atoms. The summed E-state index contributed by atoms with van der Waals surface area (Å²) in [6, 6.07) is 7.58. The van der Waals surface area contributed by atoms with Crippen LogP contribution >= 0.6 is 11.8 Å². The summed E-state index contributed by atoms with van der Waals surface area (Å²) < 4.78 is 1.99. The van der Waals surface area contributed by atoms with E-state index in [1.165, 1.54) is 18.7 Å². The lowest BCUT2D eigenvalue weighted by molar-refractivity contribution is -0.118. The van der Waals surface area contributed by atoms with Crippen LogP contribution in [0.25, 0.3) is 5.69 Å². The van der Waals surface area contributed by atoms with E-state index in [4.69, 9.17) is 0 Å². The number of amides is 2. The van der Waals surface area contributed by atoms with Crippen molar-refractivity contribution in [1.82, 2.24) is 20.1 Å². The Balaban J connectivity index is 1.89. The number of thioether (sulfide) groups is 1. The van der Waals surface area contributed by atoms with Gasteiger partial charge in [-0.2, -0.15) is 0 Å². The lowest BCUT2D eigenvalue weighted by atomic mass is 10.2. The molecule has 1 fully saturated rings. The van der Waals surface area contributed by atoms with E-state index in [1.807, 2.05) is 35.8 Å². The van der Waals surface area contributed by atoms with E-state index in [0.29, 0.717) is 23.4 Å². The number of nitrogens with one attached hydrogen (secondary N) is 2. The van der Waals surface area contributed by atoms with Gasteiger partial charge < -0.3 is 10.6 Å². The predicted molar refractivity (Wildman–Crippen MR) is 97.0 cm³/mol. The first-order valence-corrected chi connectivity index (χ1v) is 9.30. The molecule has 8 heteroatoms. The third kappa shape index (κ3) is 4.39. The maximum absolute atomic E-state index is 11.8. The van der Waals surface area contributed by atoms with Crippen molar-refractivity contribution < 1.29 is 9.59 Å². The normalized spacial score (nSPS) is 13.5. The van der Waals surface area contributed by atoms with Crippen molar-refractivity contribution in [3.05, 3.63) is 30.1 Å². The van der Waals surface area contributed by atoms with Crippen LogP contribution in [0.1, 0.15) is 38.4 Å². The SMILES string of the molecule is CCNC(=O)CSc1nnc(C2CC2)n1-c1cccc(NC(C)=O)c1. The summed E-state index contributed by atoms with van der Waals surface area (Å²) in [4.78, 5) is 23.1. The zero-order chi connectivity index (χ0) is 17.8. The summed E-state index contributed by atoms with van der Waals surface area (Å²) in [7, 11) is 0. The number of nitrogens with zero attached hydrogens (tertiary/aromatic N) is 3. The molecule has 0 radical (unpaired) electrons. The molecule has 132 valence electrons. The van der Waals surface area contributed by atoms with Gasteiger partial charge in [-0.05, 0) is 38.0 Å². The summed E-state index contributed by atoms with van der Waals surface area (Å²) in [5, 5.41) is 14.9. The van der Waals surface area contributed by atoms with E-state index >= 15 is 0 Å². The molecule has 0 atom stereocenters. The molecule has 3 rings (SSSR count). The quantitative estimate of drug-likeness (QED) is 0.741. The fraction of sp³-hybridized carbons (Fsp3) is 0.412. The van der Waals surface area contributed by atoms with Gasteiger partial charge in [0.15, 0.2) is 5.16 Å². The van der Waals surface area contributed by atoms with E-state index in [0.717, 1.165) is 30.0 Å². The number of carbonyl (C=O) groups is 2. The van der Waals surface area contributed by atoms with Gasteiger partial charge in [0, 0.05) is 25.1 Å². The fourth-order valence-corrected chi connectivity index (χ4v) is 3.32. The van der Waals surface area contributed by atoms with Crippen LogP contribution in [-0.4, -0.2) is 38.9 Å². The molecule has 2 amide bonds. The average molecular weight is 359 g/mol. The van der Waals surface area contributed by atoms with Gasteiger partial charge >= 0.3 is 0 Å². The average Bonchev–Trinajstić information content (AvgIpc) is 3.32. The summed E-state index contributed by atoms with van der Waals surface area (Å²) in [5.74, 6) is 1.48. The lowest BCUT2D eigenvalue weighted by Crippen LogP contribution is -2.24. The van der Waals surface area contributed by atoms with Crippen LogP contribution in [0, 0.1) is 0 Å². The van der Waals surface area contributed by atoms with Crippen LogP contribution in [0.5, 0.6) is 0 Å². The molecule has 1 heterocycles. The smallest absolute Gasteiger partial charge is 0.230 e. The van der Waals surface area contributed by atoms with Gasteiger partial charge in [0.2, 0.25) is 11.8 Å². The summed E-state index contributed by atoms with van der Waals surface area (Å²) in [6.45, 7) is 3.98. The second kappa shape index (κ2) is 7.69. The maximum Gasteiger partial charge on any atom is 0.230 e. The van der Waals surface area contributed by atoms with Crippen LogP contribution in [0.15, 0.2) is 29.4 Å². The molecule has 1 aromatic heterocycles. The minimum Gasteiger partial charge on any atom is -0.356 e. The number of benzene rings is 1. The third-order valence-electron chi connectivity index (χ3n) is 3.73. The van der Waals surface area contributed by atoms with E-state index in [2.05, 4.69) is 20.8 Å². The fourth-order valence-electron chi connectivity index (χ4n) is 2.53. The first kappa shape index (κ1) is 17.5. The predicted octanol–water partition coefficient (Wildman–Crippen LogP) is 2.33. The number of anilines is 1. The lowest BCUT2D eigenvalue weighted by Gasteiger charge is -2.11. The number of hydrogen-bond donors (Lipinski definition) is 2. The van der Waals surface area contributed by atoms with E-state index in [1.54, 1.807) is 0 Å². The molecule has 2 N–H and O–H groups in total. The minimum atomic E-state index is -0.117. The summed E-state index contributed by atoms with van der Waals surface area (Å²) in [6.07, 6.45) is 2.20. The molecular formula is C17H21N5O2S. The highest BCUT2D eigenvalue weighted by Gasteiger charge is 2.31. The minimum absolute atomic E-state index is 0.0259. The van der Waals surface area contributed by atoms with Crippen molar-refractivity contribution in [1.29, 1.82) is 0 Å². The van der Waals surface area contributed by atoms with Gasteiger partial charge in [-0.1, -0.05) is 17.8 Å². The van der Waals surface area contributed by atoms with Crippen LogP contribution in [0.4, 0.5) is 5.69 Å². The first-order chi connectivity index (χ1) is 12.1. The summed E-state index contributed by atoms with van der Waals surface area (Å²) >= 11 is 1.37. The standard InChI is InChI=1S/C17H21N5O2S/c1-3-18-15(24)10-25-17-21-20-16(12-7-8-12)22(17)14-6-4-5-13(9-14)19-11(2)23/h4-6,9,12H,3,7-8,10H2,1-2H3,(H,18,24)(H,19,23). The van der Waals surface area contributed by atoms with Gasteiger partial charge in [-0.25, -0.2) is 0 Å². The third-order valence-corrected chi connectivity index (χ3v) is 4.66.